The van der Waals surface area contributed by atoms with E-state index in [9.17, 15) is 9.59 Å². The van der Waals surface area contributed by atoms with Gasteiger partial charge in [0.2, 0.25) is 0 Å². The minimum absolute atomic E-state index is 0.000142. The molecule has 7 heteroatoms. The molecular weight excluding hydrogens is 226 g/mol. The topological polar surface area (TPSA) is 111 Å². The van der Waals surface area contributed by atoms with E-state index in [1.165, 1.54) is 0 Å². The normalized spacial score (nSPS) is 11.9. The van der Waals surface area contributed by atoms with Crippen LogP contribution in [0.5, 0.6) is 0 Å². The second-order valence-corrected chi connectivity index (χ2v) is 3.51. The Hall–Kier alpha value is -1.34. The van der Waals surface area contributed by atoms with E-state index in [0.717, 1.165) is 19.5 Å². The van der Waals surface area contributed by atoms with Crippen LogP contribution >= 0.6 is 0 Å². The number of aliphatic hydroxyl groups excluding tert-OH is 1. The molecule has 5 N–H and O–H groups in total. The van der Waals surface area contributed by atoms with Crippen LogP contribution < -0.4 is 16.0 Å². The summed E-state index contributed by atoms with van der Waals surface area (Å²) in [6.07, 6.45) is 0.777. The summed E-state index contributed by atoms with van der Waals surface area (Å²) in [5.74, 6) is -1.15. The Kier molecular flexibility index (Phi) is 9.08. The van der Waals surface area contributed by atoms with Crippen LogP contribution in [0.1, 0.15) is 19.8 Å². The molecule has 0 saturated heterocycles. The van der Waals surface area contributed by atoms with Crippen molar-refractivity contribution in [2.75, 3.05) is 26.2 Å². The van der Waals surface area contributed by atoms with Gasteiger partial charge in [0.15, 0.2) is 0 Å². The molecule has 100 valence electrons. The second kappa shape index (κ2) is 9.86. The highest BCUT2D eigenvalue weighted by atomic mass is 16.4. The Morgan fingerprint density at radius 1 is 1.29 bits per heavy atom. The molecule has 0 aliphatic heterocycles. The van der Waals surface area contributed by atoms with Gasteiger partial charge in [0.25, 0.3) is 0 Å². The Morgan fingerprint density at radius 3 is 2.53 bits per heavy atom. The smallest absolute Gasteiger partial charge is 0.326 e. The second-order valence-electron chi connectivity index (χ2n) is 3.51. The predicted octanol–water partition coefficient (Wildman–Crippen LogP) is -0.879. The van der Waals surface area contributed by atoms with Crippen LogP contribution in [-0.2, 0) is 4.79 Å². The third kappa shape index (κ3) is 8.47. The summed E-state index contributed by atoms with van der Waals surface area (Å²) in [6, 6.07) is -1.57. The fourth-order valence-electron chi connectivity index (χ4n) is 1.19. The molecule has 2 amide bonds. The Labute approximate surface area is 101 Å². The number of carbonyl (C=O) groups is 2. The van der Waals surface area contributed by atoms with Crippen LogP contribution in [0.2, 0.25) is 0 Å². The number of carboxylic acid groups (broad SMARTS) is 1. The summed E-state index contributed by atoms with van der Waals surface area (Å²) >= 11 is 0. The summed E-state index contributed by atoms with van der Waals surface area (Å²) in [6.45, 7) is 3.87. The molecule has 0 heterocycles. The van der Waals surface area contributed by atoms with Crippen LogP contribution in [0.25, 0.3) is 0 Å². The van der Waals surface area contributed by atoms with Crippen LogP contribution in [0.15, 0.2) is 0 Å². The van der Waals surface area contributed by atoms with Gasteiger partial charge in [-0.25, -0.2) is 9.59 Å². The standard InChI is InChI=1S/C10H21N3O4/c1-2-11-5-3-6-12-10(17)13-8(4-7-14)9(15)16/h8,11,14H,2-7H2,1H3,(H,15,16)(H2,12,13,17). The largest absolute Gasteiger partial charge is 0.480 e. The molecule has 0 rings (SSSR count). The van der Waals surface area contributed by atoms with Gasteiger partial charge < -0.3 is 26.2 Å². The number of rotatable bonds is 9. The highest BCUT2D eigenvalue weighted by Gasteiger charge is 2.18. The number of hydrogen-bond donors (Lipinski definition) is 5. The van der Waals surface area contributed by atoms with E-state index in [4.69, 9.17) is 10.2 Å². The summed E-state index contributed by atoms with van der Waals surface area (Å²) in [4.78, 5) is 22.0. The first kappa shape index (κ1) is 15.7. The molecule has 7 nitrogen and oxygen atoms in total. The van der Waals surface area contributed by atoms with Crippen molar-refractivity contribution in [2.45, 2.75) is 25.8 Å². The Morgan fingerprint density at radius 2 is 2.00 bits per heavy atom. The molecule has 0 aromatic carbocycles. The SMILES string of the molecule is CCNCCCNC(=O)NC(CCO)C(=O)O. The van der Waals surface area contributed by atoms with Gasteiger partial charge in [-0.15, -0.1) is 0 Å². The number of aliphatic carboxylic acids is 1. The zero-order valence-electron chi connectivity index (χ0n) is 10.0. The third-order valence-corrected chi connectivity index (χ3v) is 2.09. The maximum atomic E-state index is 11.3. The number of carboxylic acids is 1. The molecule has 1 atom stereocenters. The lowest BCUT2D eigenvalue weighted by atomic mass is 10.2. The van der Waals surface area contributed by atoms with Crippen molar-refractivity contribution in [3.8, 4) is 0 Å². The minimum atomic E-state index is -1.15. The first-order chi connectivity index (χ1) is 8.11. The zero-order chi connectivity index (χ0) is 13.1. The highest BCUT2D eigenvalue weighted by molar-refractivity contribution is 5.82. The molecule has 0 saturated carbocycles. The molecule has 0 aliphatic rings. The monoisotopic (exact) mass is 247 g/mol. The number of aliphatic hydroxyl groups is 1. The Bertz CT molecular complexity index is 236. The first-order valence-corrected chi connectivity index (χ1v) is 5.70. The van der Waals surface area contributed by atoms with Gasteiger partial charge in [0, 0.05) is 19.6 Å². The van der Waals surface area contributed by atoms with Crippen molar-refractivity contribution in [3.63, 3.8) is 0 Å². The van der Waals surface area contributed by atoms with Gasteiger partial charge in [0.05, 0.1) is 0 Å². The van der Waals surface area contributed by atoms with Gasteiger partial charge >= 0.3 is 12.0 Å². The van der Waals surface area contributed by atoms with E-state index in [1.807, 2.05) is 6.92 Å². The summed E-state index contributed by atoms with van der Waals surface area (Å²) in [7, 11) is 0. The van der Waals surface area contributed by atoms with Gasteiger partial charge in [-0.3, -0.25) is 0 Å². The molecule has 0 aromatic rings. The van der Waals surface area contributed by atoms with Gasteiger partial charge in [0.1, 0.15) is 6.04 Å². The van der Waals surface area contributed by atoms with Crippen LogP contribution in [0.4, 0.5) is 4.79 Å². The van der Waals surface area contributed by atoms with Crippen molar-refractivity contribution in [1.29, 1.82) is 0 Å². The molecule has 0 spiro atoms. The van der Waals surface area contributed by atoms with Crippen molar-refractivity contribution in [1.82, 2.24) is 16.0 Å². The van der Waals surface area contributed by atoms with E-state index in [2.05, 4.69) is 16.0 Å². The quantitative estimate of drug-likeness (QED) is 0.340. The lowest BCUT2D eigenvalue weighted by molar-refractivity contribution is -0.139. The van der Waals surface area contributed by atoms with Gasteiger partial charge in [-0.05, 0) is 19.5 Å². The summed E-state index contributed by atoms with van der Waals surface area (Å²) < 4.78 is 0. The lowest BCUT2D eigenvalue weighted by Crippen LogP contribution is -2.46. The fraction of sp³-hybridized carbons (Fsp3) is 0.800. The van der Waals surface area contributed by atoms with Crippen molar-refractivity contribution >= 4 is 12.0 Å². The first-order valence-electron chi connectivity index (χ1n) is 5.70. The zero-order valence-corrected chi connectivity index (χ0v) is 10.0. The van der Waals surface area contributed by atoms with Crippen LogP contribution in [-0.4, -0.2) is 54.5 Å². The average Bonchev–Trinajstić information content (AvgIpc) is 2.28. The Balaban J connectivity index is 3.71. The highest BCUT2D eigenvalue weighted by Crippen LogP contribution is 1.90. The number of carbonyl (C=O) groups excluding carboxylic acids is 1. The molecule has 1 unspecified atom stereocenters. The molecular formula is C10H21N3O4. The molecule has 17 heavy (non-hydrogen) atoms. The predicted molar refractivity (Wildman–Crippen MR) is 62.8 cm³/mol. The van der Waals surface area contributed by atoms with E-state index in [-0.39, 0.29) is 13.0 Å². The van der Waals surface area contributed by atoms with Gasteiger partial charge in [-0.1, -0.05) is 6.92 Å². The van der Waals surface area contributed by atoms with Crippen LogP contribution in [0, 0.1) is 0 Å². The summed E-state index contributed by atoms with van der Waals surface area (Å²) in [5, 5.41) is 25.3. The van der Waals surface area contributed by atoms with E-state index < -0.39 is 18.0 Å². The summed E-state index contributed by atoms with van der Waals surface area (Å²) in [5.41, 5.74) is 0. The maximum Gasteiger partial charge on any atom is 0.326 e. The molecule has 0 bridgehead atoms. The fourth-order valence-corrected chi connectivity index (χ4v) is 1.19. The number of hydrogen-bond acceptors (Lipinski definition) is 4. The van der Waals surface area contributed by atoms with Crippen LogP contribution in [0.3, 0.4) is 0 Å². The lowest BCUT2D eigenvalue weighted by Gasteiger charge is -2.13. The number of urea groups is 1. The minimum Gasteiger partial charge on any atom is -0.480 e. The number of amides is 2. The maximum absolute atomic E-state index is 11.3. The van der Waals surface area contributed by atoms with E-state index >= 15 is 0 Å². The molecule has 0 radical (unpaired) electrons. The van der Waals surface area contributed by atoms with E-state index in [0.29, 0.717) is 6.54 Å². The van der Waals surface area contributed by atoms with Crippen molar-refractivity contribution < 1.29 is 19.8 Å². The van der Waals surface area contributed by atoms with Crippen molar-refractivity contribution in [3.05, 3.63) is 0 Å². The number of nitrogens with one attached hydrogen (secondary N) is 3. The third-order valence-electron chi connectivity index (χ3n) is 2.09. The average molecular weight is 247 g/mol. The molecule has 0 fully saturated rings. The van der Waals surface area contributed by atoms with Gasteiger partial charge in [-0.2, -0.15) is 0 Å². The van der Waals surface area contributed by atoms with Crippen molar-refractivity contribution in [2.24, 2.45) is 0 Å². The van der Waals surface area contributed by atoms with E-state index in [1.54, 1.807) is 0 Å². The molecule has 0 aromatic heterocycles. The molecule has 0 aliphatic carbocycles.